The first-order valence-corrected chi connectivity index (χ1v) is 5.46. The number of ether oxygens (including phenoxy) is 1. The van der Waals surface area contributed by atoms with Crippen molar-refractivity contribution in [2.24, 2.45) is 0 Å². The summed E-state index contributed by atoms with van der Waals surface area (Å²) >= 11 is 0. The molecule has 0 aromatic rings. The van der Waals surface area contributed by atoms with Crippen LogP contribution in [0.25, 0.3) is 0 Å². The zero-order valence-corrected chi connectivity index (χ0v) is 8.87. The number of nitrogens with one attached hydrogen (secondary N) is 1. The molecule has 0 atom stereocenters. The first kappa shape index (κ1) is 10.9. The van der Waals surface area contributed by atoms with Gasteiger partial charge >= 0.3 is 0 Å². The van der Waals surface area contributed by atoms with E-state index in [9.17, 15) is 4.79 Å². The van der Waals surface area contributed by atoms with Crippen LogP contribution < -0.4 is 5.32 Å². The molecule has 15 heavy (non-hydrogen) atoms. The summed E-state index contributed by atoms with van der Waals surface area (Å²) in [5, 5.41) is 12.0. The predicted octanol–water partition coefficient (Wildman–Crippen LogP) is -1.04. The number of hydrogen-bond donors (Lipinski definition) is 2. The Morgan fingerprint density at radius 2 is 2.07 bits per heavy atom. The van der Waals surface area contributed by atoms with Gasteiger partial charge in [0, 0.05) is 13.1 Å². The van der Waals surface area contributed by atoms with Crippen LogP contribution in [0.2, 0.25) is 0 Å². The fourth-order valence-electron chi connectivity index (χ4n) is 1.77. The van der Waals surface area contributed by atoms with E-state index in [0.29, 0.717) is 19.8 Å². The number of aliphatic hydroxyl groups is 1. The molecule has 1 saturated carbocycles. The molecular formula is C10H18N2O3. The molecule has 0 radical (unpaired) electrons. The summed E-state index contributed by atoms with van der Waals surface area (Å²) in [4.78, 5) is 13.7. The average molecular weight is 214 g/mol. The van der Waals surface area contributed by atoms with Crippen LogP contribution in [0, 0.1) is 0 Å². The van der Waals surface area contributed by atoms with Crippen molar-refractivity contribution in [2.45, 2.75) is 18.4 Å². The third-order valence-corrected chi connectivity index (χ3v) is 3.03. The van der Waals surface area contributed by atoms with Crippen LogP contribution >= 0.6 is 0 Å². The van der Waals surface area contributed by atoms with Crippen molar-refractivity contribution in [3.05, 3.63) is 0 Å². The van der Waals surface area contributed by atoms with Gasteiger partial charge in [0.05, 0.1) is 31.9 Å². The molecule has 0 bridgehead atoms. The zero-order valence-electron chi connectivity index (χ0n) is 8.87. The van der Waals surface area contributed by atoms with E-state index in [1.807, 2.05) is 0 Å². The van der Waals surface area contributed by atoms with Gasteiger partial charge in [0.2, 0.25) is 5.91 Å². The van der Waals surface area contributed by atoms with Crippen molar-refractivity contribution in [1.29, 1.82) is 0 Å². The molecule has 1 saturated heterocycles. The van der Waals surface area contributed by atoms with Gasteiger partial charge in [-0.3, -0.25) is 9.69 Å². The second kappa shape index (κ2) is 4.47. The number of morpholine rings is 1. The second-order valence-electron chi connectivity index (χ2n) is 4.38. The highest BCUT2D eigenvalue weighted by Crippen LogP contribution is 2.34. The molecule has 0 spiro atoms. The van der Waals surface area contributed by atoms with Gasteiger partial charge in [0.1, 0.15) is 0 Å². The minimum Gasteiger partial charge on any atom is -0.394 e. The van der Waals surface area contributed by atoms with Gasteiger partial charge in [0.25, 0.3) is 0 Å². The molecule has 2 aliphatic rings. The molecule has 5 nitrogen and oxygen atoms in total. The summed E-state index contributed by atoms with van der Waals surface area (Å²) in [6, 6.07) is 0. The molecule has 5 heteroatoms. The maximum absolute atomic E-state index is 11.6. The molecule has 0 aromatic carbocycles. The second-order valence-corrected chi connectivity index (χ2v) is 4.38. The number of nitrogens with zero attached hydrogens (tertiary/aromatic N) is 1. The fraction of sp³-hybridized carbons (Fsp3) is 0.900. The van der Waals surface area contributed by atoms with E-state index in [0.717, 1.165) is 25.9 Å². The highest BCUT2D eigenvalue weighted by molar-refractivity contribution is 5.79. The summed E-state index contributed by atoms with van der Waals surface area (Å²) in [7, 11) is 0. The highest BCUT2D eigenvalue weighted by atomic mass is 16.5. The Kier molecular flexibility index (Phi) is 3.23. The van der Waals surface area contributed by atoms with Gasteiger partial charge in [0.15, 0.2) is 0 Å². The molecule has 0 unspecified atom stereocenters. The van der Waals surface area contributed by atoms with Gasteiger partial charge in [-0.05, 0) is 12.8 Å². The molecule has 1 amide bonds. The van der Waals surface area contributed by atoms with Crippen LogP contribution in [-0.4, -0.2) is 60.9 Å². The maximum atomic E-state index is 11.6. The van der Waals surface area contributed by atoms with E-state index >= 15 is 0 Å². The number of amides is 1. The van der Waals surface area contributed by atoms with Crippen LogP contribution in [0.4, 0.5) is 0 Å². The largest absolute Gasteiger partial charge is 0.394 e. The SMILES string of the molecule is O=C(CN1CCOCC1)NC1(CO)CC1. The number of rotatable bonds is 4. The zero-order chi connectivity index (χ0) is 10.7. The van der Waals surface area contributed by atoms with Gasteiger partial charge in [-0.15, -0.1) is 0 Å². The summed E-state index contributed by atoms with van der Waals surface area (Å²) in [5.74, 6) is 0.0171. The lowest BCUT2D eigenvalue weighted by atomic mass is 10.3. The van der Waals surface area contributed by atoms with E-state index < -0.39 is 0 Å². The molecule has 1 heterocycles. The fourth-order valence-corrected chi connectivity index (χ4v) is 1.77. The van der Waals surface area contributed by atoms with Crippen LogP contribution in [0.3, 0.4) is 0 Å². The van der Waals surface area contributed by atoms with Crippen molar-refractivity contribution >= 4 is 5.91 Å². The van der Waals surface area contributed by atoms with Gasteiger partial charge < -0.3 is 15.2 Å². The van der Waals surface area contributed by atoms with E-state index in [2.05, 4.69) is 10.2 Å². The summed E-state index contributed by atoms with van der Waals surface area (Å²) < 4.78 is 5.20. The first-order valence-electron chi connectivity index (χ1n) is 5.46. The van der Waals surface area contributed by atoms with E-state index in [1.54, 1.807) is 0 Å². The molecule has 1 aliphatic heterocycles. The summed E-state index contributed by atoms with van der Waals surface area (Å²) in [6.07, 6.45) is 1.80. The van der Waals surface area contributed by atoms with E-state index in [-0.39, 0.29) is 18.1 Å². The number of carbonyl (C=O) groups is 1. The number of carbonyl (C=O) groups excluding carboxylic acids is 1. The average Bonchev–Trinajstić information content (AvgIpc) is 3.00. The molecule has 0 aromatic heterocycles. The smallest absolute Gasteiger partial charge is 0.234 e. The molecule has 86 valence electrons. The molecule has 1 aliphatic carbocycles. The van der Waals surface area contributed by atoms with Crippen molar-refractivity contribution in [2.75, 3.05) is 39.5 Å². The van der Waals surface area contributed by atoms with Gasteiger partial charge in [-0.2, -0.15) is 0 Å². The van der Waals surface area contributed by atoms with E-state index in [1.165, 1.54) is 0 Å². The topological polar surface area (TPSA) is 61.8 Å². The van der Waals surface area contributed by atoms with Crippen molar-refractivity contribution in [3.8, 4) is 0 Å². The van der Waals surface area contributed by atoms with Crippen LogP contribution in [-0.2, 0) is 9.53 Å². The Hall–Kier alpha value is -0.650. The first-order chi connectivity index (χ1) is 7.24. The van der Waals surface area contributed by atoms with E-state index in [4.69, 9.17) is 9.84 Å². The van der Waals surface area contributed by atoms with Crippen molar-refractivity contribution in [3.63, 3.8) is 0 Å². The summed E-state index contributed by atoms with van der Waals surface area (Å²) in [5.41, 5.74) is -0.288. The molecular weight excluding hydrogens is 196 g/mol. The van der Waals surface area contributed by atoms with Crippen LogP contribution in [0.1, 0.15) is 12.8 Å². The van der Waals surface area contributed by atoms with Crippen LogP contribution in [0.5, 0.6) is 0 Å². The lowest BCUT2D eigenvalue weighted by Gasteiger charge is -2.26. The number of aliphatic hydroxyl groups excluding tert-OH is 1. The lowest BCUT2D eigenvalue weighted by molar-refractivity contribution is -0.124. The molecule has 2 fully saturated rings. The predicted molar refractivity (Wildman–Crippen MR) is 54.5 cm³/mol. The molecule has 2 rings (SSSR count). The Morgan fingerprint density at radius 1 is 1.40 bits per heavy atom. The Balaban J connectivity index is 1.72. The Bertz CT molecular complexity index is 235. The highest BCUT2D eigenvalue weighted by Gasteiger charge is 2.43. The monoisotopic (exact) mass is 214 g/mol. The normalized spacial score (nSPS) is 24.9. The third kappa shape index (κ3) is 2.90. The number of hydrogen-bond acceptors (Lipinski definition) is 4. The maximum Gasteiger partial charge on any atom is 0.234 e. The minimum atomic E-state index is -0.288. The summed E-state index contributed by atoms with van der Waals surface area (Å²) in [6.45, 7) is 3.53. The minimum absolute atomic E-state index is 0.0171. The quantitative estimate of drug-likeness (QED) is 0.627. The Morgan fingerprint density at radius 3 is 2.60 bits per heavy atom. The molecule has 2 N–H and O–H groups in total. The van der Waals surface area contributed by atoms with Gasteiger partial charge in [-0.1, -0.05) is 0 Å². The Labute approximate surface area is 89.4 Å². The standard InChI is InChI=1S/C10H18N2O3/c13-8-10(1-2-10)11-9(14)7-12-3-5-15-6-4-12/h13H,1-8H2,(H,11,14). The van der Waals surface area contributed by atoms with Crippen LogP contribution in [0.15, 0.2) is 0 Å². The lowest BCUT2D eigenvalue weighted by Crippen LogP contribution is -2.47. The van der Waals surface area contributed by atoms with Crippen molar-refractivity contribution < 1.29 is 14.6 Å². The third-order valence-electron chi connectivity index (χ3n) is 3.03. The van der Waals surface area contributed by atoms with Gasteiger partial charge in [-0.25, -0.2) is 0 Å². The van der Waals surface area contributed by atoms with Crippen molar-refractivity contribution in [1.82, 2.24) is 10.2 Å².